The fraction of sp³-hybridized carbons (Fsp3) is 0.118. The summed E-state index contributed by atoms with van der Waals surface area (Å²) >= 11 is 1.29. The van der Waals surface area contributed by atoms with Crippen molar-refractivity contribution in [1.82, 2.24) is 0 Å². The number of benzene rings is 2. The number of hydrogen-bond donors (Lipinski definition) is 1. The number of aliphatic hydroxyl groups excluding tert-OH is 1. The highest BCUT2D eigenvalue weighted by atomic mass is 32.2. The Kier molecular flexibility index (Phi) is 4.64. The summed E-state index contributed by atoms with van der Waals surface area (Å²) in [5.74, 6) is -0.111. The average Bonchev–Trinajstić information content (AvgIpc) is 2.46. The number of carbonyl (C=O) groups excluding carboxylic acids is 1. The van der Waals surface area contributed by atoms with Gasteiger partial charge in [0.2, 0.25) is 0 Å². The van der Waals surface area contributed by atoms with E-state index in [0.717, 1.165) is 10.5 Å². The van der Waals surface area contributed by atoms with Crippen LogP contribution in [0.3, 0.4) is 0 Å². The van der Waals surface area contributed by atoms with Gasteiger partial charge in [-0.25, -0.2) is 0 Å². The molecule has 0 saturated carbocycles. The number of ketones is 1. The van der Waals surface area contributed by atoms with Gasteiger partial charge in [0.05, 0.1) is 4.91 Å². The minimum atomic E-state index is -0.142. The van der Waals surface area contributed by atoms with Crippen molar-refractivity contribution in [3.8, 4) is 0 Å². The summed E-state index contributed by atoms with van der Waals surface area (Å²) in [6.45, 7) is 3.48. The van der Waals surface area contributed by atoms with Crippen molar-refractivity contribution in [3.05, 3.63) is 70.6 Å². The van der Waals surface area contributed by atoms with Crippen LogP contribution in [0.4, 0.5) is 0 Å². The molecule has 0 unspecified atom stereocenters. The Morgan fingerprint density at radius 1 is 1.00 bits per heavy atom. The monoisotopic (exact) mass is 284 g/mol. The lowest BCUT2D eigenvalue weighted by molar-refractivity contribution is -0.112. The third-order valence-electron chi connectivity index (χ3n) is 2.82. The van der Waals surface area contributed by atoms with E-state index < -0.39 is 0 Å². The third kappa shape index (κ3) is 3.52. The van der Waals surface area contributed by atoms with E-state index in [4.69, 9.17) is 0 Å². The summed E-state index contributed by atoms with van der Waals surface area (Å²) in [7, 11) is 0. The summed E-state index contributed by atoms with van der Waals surface area (Å²) in [6, 6.07) is 17.0. The average molecular weight is 284 g/mol. The molecule has 2 nitrogen and oxygen atoms in total. The van der Waals surface area contributed by atoms with Crippen LogP contribution in [0.25, 0.3) is 5.76 Å². The second-order valence-corrected chi connectivity index (χ2v) is 5.60. The lowest BCUT2D eigenvalue weighted by atomic mass is 10.1. The Labute approximate surface area is 123 Å². The molecule has 20 heavy (non-hydrogen) atoms. The maximum Gasteiger partial charge on any atom is 0.170 e. The molecular formula is C17H16O2S. The van der Waals surface area contributed by atoms with Crippen molar-refractivity contribution >= 4 is 23.3 Å². The molecule has 2 aromatic rings. The van der Waals surface area contributed by atoms with Crippen LogP contribution >= 0.6 is 11.8 Å². The first-order valence-electron chi connectivity index (χ1n) is 6.32. The van der Waals surface area contributed by atoms with Gasteiger partial charge in [-0.15, -0.1) is 0 Å². The molecule has 0 bridgehead atoms. The molecule has 0 aliphatic heterocycles. The molecule has 0 fully saturated rings. The number of aryl methyl sites for hydroxylation is 1. The SMILES string of the molecule is CC(=O)/C(Sc1ccc(C)cc1)=C(/O)c1ccccc1. The molecule has 0 amide bonds. The zero-order chi connectivity index (χ0) is 14.5. The van der Waals surface area contributed by atoms with E-state index in [1.54, 1.807) is 12.1 Å². The highest BCUT2D eigenvalue weighted by Gasteiger charge is 2.14. The topological polar surface area (TPSA) is 37.3 Å². The fourth-order valence-corrected chi connectivity index (χ4v) is 2.60. The molecule has 2 rings (SSSR count). The molecule has 2 aromatic carbocycles. The fourth-order valence-electron chi connectivity index (χ4n) is 1.74. The van der Waals surface area contributed by atoms with Crippen LogP contribution in [-0.2, 0) is 4.79 Å². The Morgan fingerprint density at radius 2 is 1.60 bits per heavy atom. The zero-order valence-electron chi connectivity index (χ0n) is 11.5. The second kappa shape index (κ2) is 6.44. The first-order chi connectivity index (χ1) is 9.58. The van der Waals surface area contributed by atoms with Gasteiger partial charge in [0.25, 0.3) is 0 Å². The zero-order valence-corrected chi connectivity index (χ0v) is 12.3. The normalized spacial score (nSPS) is 11.9. The van der Waals surface area contributed by atoms with Crippen LogP contribution in [-0.4, -0.2) is 10.9 Å². The molecule has 1 N–H and O–H groups in total. The van der Waals surface area contributed by atoms with Crippen molar-refractivity contribution in [1.29, 1.82) is 0 Å². The largest absolute Gasteiger partial charge is 0.506 e. The van der Waals surface area contributed by atoms with Gasteiger partial charge in [0.1, 0.15) is 5.76 Å². The van der Waals surface area contributed by atoms with Crippen molar-refractivity contribution in [2.24, 2.45) is 0 Å². The van der Waals surface area contributed by atoms with Crippen LogP contribution in [0.2, 0.25) is 0 Å². The number of thioether (sulfide) groups is 1. The van der Waals surface area contributed by atoms with Gasteiger partial charge in [0.15, 0.2) is 5.78 Å². The number of aliphatic hydroxyl groups is 1. The highest BCUT2D eigenvalue weighted by molar-refractivity contribution is 8.04. The molecule has 0 atom stereocenters. The molecule has 0 spiro atoms. The van der Waals surface area contributed by atoms with Crippen LogP contribution in [0.1, 0.15) is 18.1 Å². The summed E-state index contributed by atoms with van der Waals surface area (Å²) < 4.78 is 0. The Morgan fingerprint density at radius 3 is 2.15 bits per heavy atom. The van der Waals surface area contributed by atoms with E-state index >= 15 is 0 Å². The third-order valence-corrected chi connectivity index (χ3v) is 4.02. The minimum absolute atomic E-state index is 0.0312. The first kappa shape index (κ1) is 14.4. The lowest BCUT2D eigenvalue weighted by Gasteiger charge is -2.08. The second-order valence-electron chi connectivity index (χ2n) is 4.52. The molecule has 0 aliphatic rings. The number of Topliss-reactive ketones (excluding diaryl/α,β-unsaturated/α-hetero) is 1. The van der Waals surface area contributed by atoms with Gasteiger partial charge in [0, 0.05) is 10.5 Å². The van der Waals surface area contributed by atoms with Crippen LogP contribution < -0.4 is 0 Å². The van der Waals surface area contributed by atoms with Crippen LogP contribution in [0.15, 0.2) is 64.4 Å². The lowest BCUT2D eigenvalue weighted by Crippen LogP contribution is -1.98. The maximum atomic E-state index is 11.8. The molecule has 0 aromatic heterocycles. The molecule has 0 aliphatic carbocycles. The Bertz CT molecular complexity index is 628. The van der Waals surface area contributed by atoms with Crippen molar-refractivity contribution in [2.75, 3.05) is 0 Å². The van der Waals surface area contributed by atoms with Crippen molar-refractivity contribution < 1.29 is 9.90 Å². The molecule has 0 saturated heterocycles. The van der Waals surface area contributed by atoms with Crippen molar-refractivity contribution in [3.63, 3.8) is 0 Å². The van der Waals surface area contributed by atoms with Gasteiger partial charge in [-0.1, -0.05) is 59.8 Å². The Hall–Kier alpha value is -2.00. The van der Waals surface area contributed by atoms with Gasteiger partial charge < -0.3 is 5.11 Å². The van der Waals surface area contributed by atoms with Crippen LogP contribution in [0.5, 0.6) is 0 Å². The predicted molar refractivity (Wildman–Crippen MR) is 83.7 cm³/mol. The minimum Gasteiger partial charge on any atom is -0.506 e. The quantitative estimate of drug-likeness (QED) is 0.506. The molecule has 102 valence electrons. The van der Waals surface area contributed by atoms with Gasteiger partial charge in [-0.2, -0.15) is 0 Å². The predicted octanol–water partition coefficient (Wildman–Crippen LogP) is 4.60. The molecule has 0 heterocycles. The summed E-state index contributed by atoms with van der Waals surface area (Å²) in [5, 5.41) is 10.3. The number of hydrogen-bond acceptors (Lipinski definition) is 3. The van der Waals surface area contributed by atoms with E-state index in [0.29, 0.717) is 10.5 Å². The Balaban J connectivity index is 2.36. The van der Waals surface area contributed by atoms with E-state index in [-0.39, 0.29) is 11.5 Å². The van der Waals surface area contributed by atoms with Crippen LogP contribution in [0, 0.1) is 6.92 Å². The number of allylic oxidation sites excluding steroid dienone is 1. The van der Waals surface area contributed by atoms with Crippen molar-refractivity contribution in [2.45, 2.75) is 18.7 Å². The smallest absolute Gasteiger partial charge is 0.170 e. The standard InChI is InChI=1S/C17H16O2S/c1-12-8-10-15(11-9-12)20-17(13(2)18)16(19)14-6-4-3-5-7-14/h3-11,19H,1-2H3/b17-16-. The van der Waals surface area contributed by atoms with E-state index in [1.165, 1.54) is 18.7 Å². The highest BCUT2D eigenvalue weighted by Crippen LogP contribution is 2.32. The summed E-state index contributed by atoms with van der Waals surface area (Å²) in [6.07, 6.45) is 0. The maximum absolute atomic E-state index is 11.8. The first-order valence-corrected chi connectivity index (χ1v) is 7.13. The number of carbonyl (C=O) groups is 1. The summed E-state index contributed by atoms with van der Waals surface area (Å²) in [4.78, 5) is 13.1. The van der Waals surface area contributed by atoms with Gasteiger partial charge in [-0.05, 0) is 26.0 Å². The van der Waals surface area contributed by atoms with E-state index in [9.17, 15) is 9.90 Å². The van der Waals surface area contributed by atoms with Gasteiger partial charge >= 0.3 is 0 Å². The number of rotatable bonds is 4. The van der Waals surface area contributed by atoms with E-state index in [1.807, 2.05) is 49.4 Å². The van der Waals surface area contributed by atoms with E-state index in [2.05, 4.69) is 0 Å². The summed E-state index contributed by atoms with van der Waals surface area (Å²) in [5.41, 5.74) is 1.81. The van der Waals surface area contributed by atoms with Gasteiger partial charge in [-0.3, -0.25) is 4.79 Å². The molecule has 0 radical (unpaired) electrons. The molecule has 3 heteroatoms. The molecular weight excluding hydrogens is 268 g/mol.